The molecule has 8 nitrogen and oxygen atoms in total. The lowest BCUT2D eigenvalue weighted by molar-refractivity contribution is -0.139. The second-order valence-electron chi connectivity index (χ2n) is 6.61. The summed E-state index contributed by atoms with van der Waals surface area (Å²) in [5, 5.41) is 5.17. The fraction of sp³-hybridized carbons (Fsp3) is 0.286. The lowest BCUT2D eigenvalue weighted by Gasteiger charge is -2.27. The Morgan fingerprint density at radius 2 is 1.83 bits per heavy atom. The largest absolute Gasteiger partial charge is 0.467 e. The van der Waals surface area contributed by atoms with Gasteiger partial charge in [0.25, 0.3) is 0 Å². The van der Waals surface area contributed by atoms with E-state index in [0.717, 1.165) is 11.1 Å². The van der Waals surface area contributed by atoms with Gasteiger partial charge in [0.15, 0.2) is 0 Å². The number of carbonyl (C=O) groups is 3. The van der Waals surface area contributed by atoms with Crippen molar-refractivity contribution < 1.29 is 28.3 Å². The molecule has 1 aromatic heterocycles. The molecular weight excluding hydrogens is 376 g/mol. The normalized spacial score (nSPS) is 16.1. The molecule has 2 aromatic rings. The molecule has 2 heterocycles. The maximum atomic E-state index is 12.6. The van der Waals surface area contributed by atoms with Gasteiger partial charge in [-0.25, -0.2) is 14.4 Å². The van der Waals surface area contributed by atoms with Crippen LogP contribution in [0.2, 0.25) is 0 Å². The topological polar surface area (TPSA) is 107 Å². The highest BCUT2D eigenvalue weighted by atomic mass is 16.5. The summed E-state index contributed by atoms with van der Waals surface area (Å²) < 4.78 is 15.9. The Morgan fingerprint density at radius 3 is 2.45 bits per heavy atom. The van der Waals surface area contributed by atoms with Crippen LogP contribution in [-0.2, 0) is 14.3 Å². The van der Waals surface area contributed by atoms with Crippen molar-refractivity contribution >= 4 is 18.0 Å². The molecule has 2 amide bonds. The van der Waals surface area contributed by atoms with Crippen LogP contribution in [0.25, 0.3) is 0 Å². The molecule has 2 N–H and O–H groups in total. The molecule has 29 heavy (non-hydrogen) atoms. The second kappa shape index (κ2) is 8.64. The van der Waals surface area contributed by atoms with Crippen molar-refractivity contribution in [1.82, 2.24) is 10.6 Å². The fourth-order valence-electron chi connectivity index (χ4n) is 3.16. The van der Waals surface area contributed by atoms with Crippen LogP contribution in [0.15, 0.2) is 52.3 Å². The average Bonchev–Trinajstić information content (AvgIpc) is 3.19. The highest BCUT2D eigenvalue weighted by molar-refractivity contribution is 5.95. The Hall–Kier alpha value is -3.55. The number of furan rings is 1. The minimum absolute atomic E-state index is 0.120. The van der Waals surface area contributed by atoms with Gasteiger partial charge in [-0.05, 0) is 45.0 Å². The first kappa shape index (κ1) is 20.2. The standard InChI is InChI=1S/C21H22N2O6/c1-4-27-20(25)17-15(22-21(26)23-18(17)16-6-5-7-28-16)11-29-19(24)14-9-12(2)8-13(3)10-14/h5-10,18H,4,11H2,1-3H3,(H2,22,23,26). The summed E-state index contributed by atoms with van der Waals surface area (Å²) in [7, 11) is 0. The molecule has 1 unspecified atom stereocenters. The summed E-state index contributed by atoms with van der Waals surface area (Å²) in [6, 6.07) is 7.25. The number of ether oxygens (including phenoxy) is 2. The SMILES string of the molecule is CCOC(=O)C1=C(COC(=O)c2cc(C)cc(C)c2)NC(=O)NC1c1ccco1. The van der Waals surface area contributed by atoms with Gasteiger partial charge in [0.2, 0.25) is 0 Å². The molecule has 0 saturated carbocycles. The third kappa shape index (κ3) is 4.66. The monoisotopic (exact) mass is 398 g/mol. The van der Waals surface area contributed by atoms with Crippen LogP contribution < -0.4 is 10.6 Å². The predicted octanol–water partition coefficient (Wildman–Crippen LogP) is 2.92. The van der Waals surface area contributed by atoms with Crippen LogP contribution >= 0.6 is 0 Å². The summed E-state index contributed by atoms with van der Waals surface area (Å²) in [4.78, 5) is 37.2. The van der Waals surface area contributed by atoms with Crippen molar-refractivity contribution in [2.24, 2.45) is 0 Å². The first-order valence-corrected chi connectivity index (χ1v) is 9.15. The molecule has 0 radical (unpaired) electrons. The van der Waals surface area contributed by atoms with Crippen LogP contribution in [0.5, 0.6) is 0 Å². The van der Waals surface area contributed by atoms with E-state index in [2.05, 4.69) is 10.6 Å². The van der Waals surface area contributed by atoms with E-state index in [1.54, 1.807) is 31.2 Å². The summed E-state index contributed by atoms with van der Waals surface area (Å²) in [6.45, 7) is 5.29. The van der Waals surface area contributed by atoms with Crippen LogP contribution in [0.1, 0.15) is 40.2 Å². The third-order valence-corrected chi connectivity index (χ3v) is 4.28. The number of hydrogen-bond acceptors (Lipinski definition) is 6. The van der Waals surface area contributed by atoms with Crippen molar-refractivity contribution in [1.29, 1.82) is 0 Å². The molecule has 1 aliphatic heterocycles. The third-order valence-electron chi connectivity index (χ3n) is 4.28. The summed E-state index contributed by atoms with van der Waals surface area (Å²) in [5.74, 6) is -0.838. The number of amides is 2. The number of aryl methyl sites for hydroxylation is 2. The van der Waals surface area contributed by atoms with Crippen LogP contribution in [0.3, 0.4) is 0 Å². The number of esters is 2. The number of benzene rings is 1. The summed E-state index contributed by atoms with van der Waals surface area (Å²) in [6.07, 6.45) is 1.44. The lowest BCUT2D eigenvalue weighted by Crippen LogP contribution is -2.47. The molecule has 1 atom stereocenters. The van der Waals surface area contributed by atoms with Crippen LogP contribution in [0.4, 0.5) is 4.79 Å². The van der Waals surface area contributed by atoms with Gasteiger partial charge in [0, 0.05) is 0 Å². The Morgan fingerprint density at radius 1 is 1.10 bits per heavy atom. The molecular formula is C21H22N2O6. The van der Waals surface area contributed by atoms with Gasteiger partial charge < -0.3 is 24.5 Å². The molecule has 0 spiro atoms. The van der Waals surface area contributed by atoms with E-state index >= 15 is 0 Å². The van der Waals surface area contributed by atoms with Crippen molar-refractivity contribution in [2.45, 2.75) is 26.8 Å². The molecule has 0 bridgehead atoms. The molecule has 1 aromatic carbocycles. The first-order chi connectivity index (χ1) is 13.9. The number of carbonyl (C=O) groups excluding carboxylic acids is 3. The molecule has 0 aliphatic carbocycles. The van der Waals surface area contributed by atoms with Gasteiger partial charge in [-0.15, -0.1) is 0 Å². The van der Waals surface area contributed by atoms with Crippen molar-refractivity contribution in [3.05, 3.63) is 70.3 Å². The maximum absolute atomic E-state index is 12.6. The van der Waals surface area contributed by atoms with Gasteiger partial charge in [-0.1, -0.05) is 17.2 Å². The molecule has 1 aliphatic rings. The van der Waals surface area contributed by atoms with E-state index in [9.17, 15) is 14.4 Å². The summed E-state index contributed by atoms with van der Waals surface area (Å²) >= 11 is 0. The number of rotatable bonds is 6. The zero-order valence-corrected chi connectivity index (χ0v) is 16.4. The maximum Gasteiger partial charge on any atom is 0.338 e. The van der Waals surface area contributed by atoms with Gasteiger partial charge in [0.05, 0.1) is 29.7 Å². The number of urea groups is 1. The van der Waals surface area contributed by atoms with E-state index in [-0.39, 0.29) is 24.5 Å². The highest BCUT2D eigenvalue weighted by Gasteiger charge is 2.35. The molecule has 0 fully saturated rings. The molecule has 0 saturated heterocycles. The van der Waals surface area contributed by atoms with E-state index in [0.29, 0.717) is 11.3 Å². The first-order valence-electron chi connectivity index (χ1n) is 9.15. The lowest BCUT2D eigenvalue weighted by atomic mass is 10.0. The predicted molar refractivity (Wildman–Crippen MR) is 103 cm³/mol. The minimum Gasteiger partial charge on any atom is -0.467 e. The van der Waals surface area contributed by atoms with Crippen LogP contribution in [0, 0.1) is 13.8 Å². The number of hydrogen-bond donors (Lipinski definition) is 2. The molecule has 3 rings (SSSR count). The average molecular weight is 398 g/mol. The summed E-state index contributed by atoms with van der Waals surface area (Å²) in [5.41, 5.74) is 2.51. The van der Waals surface area contributed by atoms with Crippen molar-refractivity contribution in [3.8, 4) is 0 Å². The van der Waals surface area contributed by atoms with Crippen molar-refractivity contribution in [2.75, 3.05) is 13.2 Å². The van der Waals surface area contributed by atoms with Gasteiger partial charge in [0.1, 0.15) is 18.4 Å². The Labute approximate surface area is 167 Å². The van der Waals surface area contributed by atoms with E-state index in [1.807, 2.05) is 19.9 Å². The second-order valence-corrected chi connectivity index (χ2v) is 6.61. The molecule has 8 heteroatoms. The van der Waals surface area contributed by atoms with Crippen LogP contribution in [-0.4, -0.2) is 31.2 Å². The van der Waals surface area contributed by atoms with Crippen molar-refractivity contribution in [3.63, 3.8) is 0 Å². The smallest absolute Gasteiger partial charge is 0.338 e. The zero-order valence-electron chi connectivity index (χ0n) is 16.4. The number of nitrogens with one attached hydrogen (secondary N) is 2. The fourth-order valence-corrected chi connectivity index (χ4v) is 3.16. The quantitative estimate of drug-likeness (QED) is 0.725. The van der Waals surface area contributed by atoms with E-state index in [4.69, 9.17) is 13.9 Å². The van der Waals surface area contributed by atoms with Gasteiger partial charge in [-0.2, -0.15) is 0 Å². The van der Waals surface area contributed by atoms with Gasteiger partial charge in [-0.3, -0.25) is 0 Å². The van der Waals surface area contributed by atoms with E-state index < -0.39 is 24.0 Å². The Balaban J connectivity index is 1.89. The molecule has 152 valence electrons. The Kier molecular flexibility index (Phi) is 6.01. The highest BCUT2D eigenvalue weighted by Crippen LogP contribution is 2.28. The Bertz CT molecular complexity index is 941. The minimum atomic E-state index is -0.854. The van der Waals surface area contributed by atoms with E-state index in [1.165, 1.54) is 6.26 Å². The zero-order chi connectivity index (χ0) is 21.0. The van der Waals surface area contributed by atoms with Gasteiger partial charge >= 0.3 is 18.0 Å².